The Morgan fingerprint density at radius 1 is 0.833 bits per heavy atom. The van der Waals surface area contributed by atoms with Crippen LogP contribution in [0.3, 0.4) is 0 Å². The van der Waals surface area contributed by atoms with Gasteiger partial charge in [0.1, 0.15) is 0 Å². The van der Waals surface area contributed by atoms with Crippen molar-refractivity contribution < 1.29 is 9.59 Å². The average Bonchev–Trinajstić information content (AvgIpc) is 2.91. The van der Waals surface area contributed by atoms with E-state index in [0.29, 0.717) is 12.2 Å². The van der Waals surface area contributed by atoms with E-state index < -0.39 is 11.8 Å². The lowest BCUT2D eigenvalue weighted by atomic mass is 10.0. The molecular formula is C29H35N5O2. The van der Waals surface area contributed by atoms with Crippen LogP contribution in [0.4, 0.5) is 17.1 Å². The highest BCUT2D eigenvalue weighted by atomic mass is 16.2. The maximum absolute atomic E-state index is 12.7. The van der Waals surface area contributed by atoms with Crippen molar-refractivity contribution in [1.82, 2.24) is 10.2 Å². The van der Waals surface area contributed by atoms with Crippen LogP contribution in [0.1, 0.15) is 17.2 Å². The van der Waals surface area contributed by atoms with Gasteiger partial charge in [-0.15, -0.1) is 0 Å². The number of hydrogen-bond acceptors (Lipinski definition) is 5. The molecule has 1 aliphatic rings. The predicted octanol–water partition coefficient (Wildman–Crippen LogP) is 3.68. The number of nitrogens with one attached hydrogen (secondary N) is 2. The van der Waals surface area contributed by atoms with Crippen LogP contribution in [0, 0.1) is 6.92 Å². The number of rotatable bonds is 7. The molecule has 0 aliphatic carbocycles. The summed E-state index contributed by atoms with van der Waals surface area (Å²) >= 11 is 0. The van der Waals surface area contributed by atoms with E-state index in [1.807, 2.05) is 45.3 Å². The van der Waals surface area contributed by atoms with E-state index in [-0.39, 0.29) is 6.04 Å². The van der Waals surface area contributed by atoms with E-state index in [0.717, 1.165) is 43.0 Å². The zero-order valence-electron chi connectivity index (χ0n) is 21.3. The highest BCUT2D eigenvalue weighted by molar-refractivity contribution is 6.39. The van der Waals surface area contributed by atoms with E-state index >= 15 is 0 Å². The van der Waals surface area contributed by atoms with Crippen LogP contribution in [0.2, 0.25) is 0 Å². The Bertz CT molecular complexity index is 1160. The van der Waals surface area contributed by atoms with Gasteiger partial charge in [0.05, 0.1) is 6.04 Å². The van der Waals surface area contributed by atoms with E-state index in [1.165, 1.54) is 5.69 Å². The number of para-hydroxylation sites is 2. The minimum atomic E-state index is -0.653. The Hall–Kier alpha value is -3.84. The number of benzene rings is 3. The third-order valence-electron chi connectivity index (χ3n) is 6.73. The molecule has 1 unspecified atom stereocenters. The fourth-order valence-corrected chi connectivity index (χ4v) is 4.54. The number of carbonyl (C=O) groups excluding carboxylic acids is 2. The lowest BCUT2D eigenvalue weighted by Gasteiger charge is -2.40. The molecule has 2 N–H and O–H groups in total. The van der Waals surface area contributed by atoms with Crippen molar-refractivity contribution >= 4 is 28.9 Å². The molecule has 1 aliphatic heterocycles. The molecule has 7 nitrogen and oxygen atoms in total. The molecule has 4 rings (SSSR count). The number of aryl methyl sites for hydroxylation is 1. The first-order valence-electron chi connectivity index (χ1n) is 12.4. The largest absolute Gasteiger partial charge is 0.378 e. The third kappa shape index (κ3) is 6.23. The SMILES string of the molecule is Cc1ccccc1NC(=O)C(=O)NCC(c1ccc(N(C)C)cc1)N1CCN(c2ccccc2)CC1. The monoisotopic (exact) mass is 485 g/mol. The number of carbonyl (C=O) groups is 2. The number of amides is 2. The predicted molar refractivity (Wildman–Crippen MR) is 147 cm³/mol. The Morgan fingerprint density at radius 3 is 2.11 bits per heavy atom. The summed E-state index contributed by atoms with van der Waals surface area (Å²) < 4.78 is 0. The Kier molecular flexibility index (Phi) is 8.23. The summed E-state index contributed by atoms with van der Waals surface area (Å²) in [4.78, 5) is 32.1. The van der Waals surface area contributed by atoms with Gasteiger partial charge < -0.3 is 20.4 Å². The van der Waals surface area contributed by atoms with Gasteiger partial charge in [0.2, 0.25) is 0 Å². The van der Waals surface area contributed by atoms with Crippen LogP contribution < -0.4 is 20.4 Å². The van der Waals surface area contributed by atoms with Crippen LogP contribution >= 0.6 is 0 Å². The van der Waals surface area contributed by atoms with Crippen molar-refractivity contribution in [2.24, 2.45) is 0 Å². The first-order valence-corrected chi connectivity index (χ1v) is 12.4. The molecule has 2 amide bonds. The van der Waals surface area contributed by atoms with Gasteiger partial charge in [0, 0.05) is 63.9 Å². The lowest BCUT2D eigenvalue weighted by Crippen LogP contribution is -2.50. The molecule has 1 fully saturated rings. The van der Waals surface area contributed by atoms with Gasteiger partial charge >= 0.3 is 11.8 Å². The van der Waals surface area contributed by atoms with E-state index in [2.05, 4.69) is 73.9 Å². The Morgan fingerprint density at radius 2 is 1.47 bits per heavy atom. The molecule has 0 saturated carbocycles. The maximum Gasteiger partial charge on any atom is 0.313 e. The second-order valence-electron chi connectivity index (χ2n) is 9.34. The number of piperazine rings is 1. The van der Waals surface area contributed by atoms with Crippen molar-refractivity contribution in [3.05, 3.63) is 90.0 Å². The van der Waals surface area contributed by atoms with Gasteiger partial charge in [0.15, 0.2) is 0 Å². The van der Waals surface area contributed by atoms with Crippen molar-refractivity contribution in [2.45, 2.75) is 13.0 Å². The van der Waals surface area contributed by atoms with Crippen LogP contribution in [-0.2, 0) is 9.59 Å². The second-order valence-corrected chi connectivity index (χ2v) is 9.34. The number of anilines is 3. The topological polar surface area (TPSA) is 67.9 Å². The standard InChI is InChI=1S/C29H35N5O2/c1-22-9-7-8-12-26(22)31-29(36)28(35)30-21-27(23-13-15-24(16-14-23)32(2)3)34-19-17-33(18-20-34)25-10-5-4-6-11-25/h4-16,27H,17-21H2,1-3H3,(H,30,35)(H,31,36). The summed E-state index contributed by atoms with van der Waals surface area (Å²) in [6, 6.07) is 26.2. The molecule has 36 heavy (non-hydrogen) atoms. The van der Waals surface area contributed by atoms with E-state index in [9.17, 15) is 9.59 Å². The Balaban J connectivity index is 1.44. The van der Waals surface area contributed by atoms with Gasteiger partial charge in [-0.2, -0.15) is 0 Å². The van der Waals surface area contributed by atoms with Crippen LogP contribution in [0.15, 0.2) is 78.9 Å². The van der Waals surface area contributed by atoms with Crippen molar-refractivity contribution in [3.63, 3.8) is 0 Å². The first kappa shape index (κ1) is 25.3. The molecule has 188 valence electrons. The highest BCUT2D eigenvalue weighted by Crippen LogP contribution is 2.26. The normalized spacial score (nSPS) is 14.7. The molecule has 1 heterocycles. The molecule has 0 radical (unpaired) electrons. The summed E-state index contributed by atoms with van der Waals surface area (Å²) in [6.45, 7) is 5.78. The van der Waals surface area contributed by atoms with Crippen LogP contribution in [-0.4, -0.2) is 63.5 Å². The Labute approximate surface area is 213 Å². The summed E-state index contributed by atoms with van der Waals surface area (Å²) in [7, 11) is 4.03. The smallest absolute Gasteiger partial charge is 0.313 e. The zero-order chi connectivity index (χ0) is 25.5. The van der Waals surface area contributed by atoms with Gasteiger partial charge in [-0.25, -0.2) is 0 Å². The minimum absolute atomic E-state index is 0.0330. The van der Waals surface area contributed by atoms with E-state index in [4.69, 9.17) is 0 Å². The quantitative estimate of drug-likeness (QED) is 0.500. The first-order chi connectivity index (χ1) is 17.4. The molecule has 3 aromatic carbocycles. The summed E-state index contributed by atoms with van der Waals surface area (Å²) in [5.41, 5.74) is 5.02. The molecule has 1 atom stereocenters. The van der Waals surface area contributed by atoms with Crippen molar-refractivity contribution in [2.75, 3.05) is 61.9 Å². The molecule has 0 spiro atoms. The van der Waals surface area contributed by atoms with Gasteiger partial charge in [-0.3, -0.25) is 14.5 Å². The summed E-state index contributed by atoms with van der Waals surface area (Å²) in [5.74, 6) is -1.28. The van der Waals surface area contributed by atoms with Gasteiger partial charge in [-0.05, 0) is 48.4 Å². The molecule has 7 heteroatoms. The fraction of sp³-hybridized carbons (Fsp3) is 0.310. The molecule has 0 bridgehead atoms. The fourth-order valence-electron chi connectivity index (χ4n) is 4.54. The third-order valence-corrected chi connectivity index (χ3v) is 6.73. The van der Waals surface area contributed by atoms with E-state index in [1.54, 1.807) is 6.07 Å². The molecule has 1 saturated heterocycles. The van der Waals surface area contributed by atoms with Gasteiger partial charge in [-0.1, -0.05) is 48.5 Å². The highest BCUT2D eigenvalue weighted by Gasteiger charge is 2.27. The molecular weight excluding hydrogens is 450 g/mol. The average molecular weight is 486 g/mol. The van der Waals surface area contributed by atoms with Crippen molar-refractivity contribution in [3.8, 4) is 0 Å². The molecule has 0 aromatic heterocycles. The second kappa shape index (κ2) is 11.7. The minimum Gasteiger partial charge on any atom is -0.378 e. The van der Waals surface area contributed by atoms with Crippen LogP contribution in [0.25, 0.3) is 0 Å². The number of nitrogens with zero attached hydrogens (tertiary/aromatic N) is 3. The van der Waals surface area contributed by atoms with Gasteiger partial charge in [0.25, 0.3) is 0 Å². The molecule has 3 aromatic rings. The maximum atomic E-state index is 12.7. The van der Waals surface area contributed by atoms with Crippen LogP contribution in [0.5, 0.6) is 0 Å². The summed E-state index contributed by atoms with van der Waals surface area (Å²) in [6.07, 6.45) is 0. The van der Waals surface area contributed by atoms with Crippen molar-refractivity contribution in [1.29, 1.82) is 0 Å². The summed E-state index contributed by atoms with van der Waals surface area (Å²) in [5, 5.41) is 5.60. The lowest BCUT2D eigenvalue weighted by molar-refractivity contribution is -0.136. The number of hydrogen-bond donors (Lipinski definition) is 2. The zero-order valence-corrected chi connectivity index (χ0v) is 21.3.